The monoisotopic (exact) mass is 339 g/mol. The van der Waals surface area contributed by atoms with Crippen molar-refractivity contribution in [2.45, 2.75) is 38.3 Å². The number of nitrogens with zero attached hydrogens (tertiary/aromatic N) is 4. The lowest BCUT2D eigenvalue weighted by molar-refractivity contribution is 0.0937. The molecule has 0 unspecified atom stereocenters. The quantitative estimate of drug-likeness (QED) is 0.776. The first-order chi connectivity index (χ1) is 12.1. The maximum Gasteiger partial charge on any atom is 0.252 e. The molecular weight excluding hydrogens is 321 g/mol. The highest BCUT2D eigenvalue weighted by Crippen LogP contribution is 2.40. The van der Waals surface area contributed by atoms with E-state index in [9.17, 15) is 9.18 Å². The number of amides is 1. The average Bonchev–Trinajstić information content (AvgIpc) is 3.32. The van der Waals surface area contributed by atoms with Gasteiger partial charge < -0.3 is 5.32 Å². The zero-order chi connectivity index (χ0) is 17.4. The molecule has 0 bridgehead atoms. The summed E-state index contributed by atoms with van der Waals surface area (Å²) in [6.07, 6.45) is 5.23. The Bertz CT molecular complexity index is 921. The van der Waals surface area contributed by atoms with E-state index in [1.165, 1.54) is 18.5 Å². The molecule has 1 aromatic carbocycles. The molecule has 0 aliphatic heterocycles. The van der Waals surface area contributed by atoms with Crippen molar-refractivity contribution in [1.82, 2.24) is 25.1 Å². The fourth-order valence-electron chi connectivity index (χ4n) is 2.95. The van der Waals surface area contributed by atoms with Crippen LogP contribution >= 0.6 is 0 Å². The molecule has 1 aliphatic rings. The molecule has 1 N–H and O–H groups in total. The molecule has 4 rings (SSSR count). The van der Waals surface area contributed by atoms with Crippen LogP contribution in [0.15, 0.2) is 36.9 Å². The van der Waals surface area contributed by atoms with Crippen LogP contribution in [0.25, 0.3) is 10.9 Å². The summed E-state index contributed by atoms with van der Waals surface area (Å²) in [7, 11) is 0. The normalized spacial score (nSPS) is 15.3. The van der Waals surface area contributed by atoms with Crippen molar-refractivity contribution in [3.05, 3.63) is 54.0 Å². The van der Waals surface area contributed by atoms with Gasteiger partial charge >= 0.3 is 0 Å². The molecule has 0 spiro atoms. The molecule has 1 fully saturated rings. The largest absolute Gasteiger partial charge is 0.348 e. The van der Waals surface area contributed by atoms with Gasteiger partial charge in [0.1, 0.15) is 18.5 Å². The van der Waals surface area contributed by atoms with Crippen molar-refractivity contribution in [3.8, 4) is 0 Å². The number of pyridine rings is 1. The second-order valence-corrected chi connectivity index (χ2v) is 6.52. The number of hydrogen-bond acceptors (Lipinski definition) is 4. The van der Waals surface area contributed by atoms with Crippen LogP contribution in [0.4, 0.5) is 4.39 Å². The Kier molecular flexibility index (Phi) is 3.91. The van der Waals surface area contributed by atoms with E-state index < -0.39 is 0 Å². The first kappa shape index (κ1) is 15.7. The van der Waals surface area contributed by atoms with Crippen molar-refractivity contribution >= 4 is 16.8 Å². The lowest BCUT2D eigenvalue weighted by Crippen LogP contribution is -2.36. The van der Waals surface area contributed by atoms with Gasteiger partial charge in [0.15, 0.2) is 0 Å². The first-order valence-corrected chi connectivity index (χ1v) is 8.33. The van der Waals surface area contributed by atoms with Crippen LogP contribution in [-0.2, 0) is 6.54 Å². The summed E-state index contributed by atoms with van der Waals surface area (Å²) in [5.41, 5.74) is 2.03. The molecule has 6 nitrogen and oxygen atoms in total. The third-order valence-corrected chi connectivity index (χ3v) is 4.34. The molecule has 1 aliphatic carbocycles. The van der Waals surface area contributed by atoms with E-state index >= 15 is 0 Å². The predicted octanol–water partition coefficient (Wildman–Crippen LogP) is 2.66. The zero-order valence-corrected chi connectivity index (χ0v) is 13.8. The highest BCUT2D eigenvalue weighted by atomic mass is 19.1. The first-order valence-electron chi connectivity index (χ1n) is 8.33. The minimum atomic E-state index is -0.377. The predicted molar refractivity (Wildman–Crippen MR) is 90.6 cm³/mol. The van der Waals surface area contributed by atoms with Gasteiger partial charge in [0.2, 0.25) is 0 Å². The summed E-state index contributed by atoms with van der Waals surface area (Å²) in [4.78, 5) is 21.3. The van der Waals surface area contributed by atoms with Crippen molar-refractivity contribution in [3.63, 3.8) is 0 Å². The van der Waals surface area contributed by atoms with Gasteiger partial charge in [-0.3, -0.25) is 14.5 Å². The van der Waals surface area contributed by atoms with E-state index in [0.29, 0.717) is 28.9 Å². The SMILES string of the molecule is C[C@H](Cn1cncn1)NC(=O)c1cc(C2CC2)nc2ccc(F)cc12. The van der Waals surface area contributed by atoms with E-state index in [2.05, 4.69) is 20.4 Å². The highest BCUT2D eigenvalue weighted by molar-refractivity contribution is 6.06. The Hall–Kier alpha value is -2.83. The number of rotatable bonds is 5. The van der Waals surface area contributed by atoms with Gasteiger partial charge in [-0.05, 0) is 44.0 Å². The smallest absolute Gasteiger partial charge is 0.252 e. The Morgan fingerprint density at radius 2 is 2.24 bits per heavy atom. The maximum absolute atomic E-state index is 13.7. The van der Waals surface area contributed by atoms with Gasteiger partial charge in [-0.15, -0.1) is 0 Å². The van der Waals surface area contributed by atoms with Gasteiger partial charge in [-0.2, -0.15) is 5.10 Å². The molecule has 25 heavy (non-hydrogen) atoms. The fourth-order valence-corrected chi connectivity index (χ4v) is 2.95. The van der Waals surface area contributed by atoms with Crippen molar-refractivity contribution < 1.29 is 9.18 Å². The van der Waals surface area contributed by atoms with Crippen LogP contribution in [0.1, 0.15) is 41.7 Å². The van der Waals surface area contributed by atoms with E-state index in [-0.39, 0.29) is 17.8 Å². The average molecular weight is 339 g/mol. The Morgan fingerprint density at radius 1 is 1.40 bits per heavy atom. The molecule has 1 saturated carbocycles. The number of benzene rings is 1. The number of fused-ring (bicyclic) bond motifs is 1. The van der Waals surface area contributed by atoms with E-state index in [4.69, 9.17) is 0 Å². The molecule has 7 heteroatoms. The fraction of sp³-hybridized carbons (Fsp3) is 0.333. The van der Waals surface area contributed by atoms with Crippen LogP contribution in [0.3, 0.4) is 0 Å². The summed E-state index contributed by atoms with van der Waals surface area (Å²) in [6.45, 7) is 2.41. The number of halogens is 1. The van der Waals surface area contributed by atoms with Gasteiger partial charge in [-0.1, -0.05) is 0 Å². The third-order valence-electron chi connectivity index (χ3n) is 4.34. The Balaban J connectivity index is 1.64. The lowest BCUT2D eigenvalue weighted by atomic mass is 10.0. The zero-order valence-electron chi connectivity index (χ0n) is 13.8. The summed E-state index contributed by atoms with van der Waals surface area (Å²) in [6, 6.07) is 6.04. The Labute approximate surface area is 144 Å². The summed E-state index contributed by atoms with van der Waals surface area (Å²) >= 11 is 0. The van der Waals surface area contributed by atoms with Gasteiger partial charge in [-0.25, -0.2) is 9.37 Å². The van der Waals surface area contributed by atoms with Crippen LogP contribution in [0, 0.1) is 5.82 Å². The number of aromatic nitrogens is 4. The number of hydrogen-bond donors (Lipinski definition) is 1. The van der Waals surface area contributed by atoms with Gasteiger partial charge in [0, 0.05) is 23.0 Å². The minimum absolute atomic E-state index is 0.143. The van der Waals surface area contributed by atoms with Crippen LogP contribution in [0.2, 0.25) is 0 Å². The molecule has 1 atom stereocenters. The highest BCUT2D eigenvalue weighted by Gasteiger charge is 2.27. The number of carbonyl (C=O) groups is 1. The molecule has 3 aromatic rings. The third kappa shape index (κ3) is 3.35. The standard InChI is InChI=1S/C18H18FN5O/c1-11(8-24-10-20-9-21-24)22-18(25)15-7-17(12-2-3-12)23-16-5-4-13(19)6-14(15)16/h4-7,9-12H,2-3,8H2,1H3,(H,22,25)/t11-/m1/s1. The molecule has 0 radical (unpaired) electrons. The second kappa shape index (κ2) is 6.23. The Morgan fingerprint density at radius 3 is 2.96 bits per heavy atom. The van der Waals surface area contributed by atoms with Crippen LogP contribution in [0.5, 0.6) is 0 Å². The maximum atomic E-state index is 13.7. The van der Waals surface area contributed by atoms with Crippen LogP contribution in [-0.4, -0.2) is 31.7 Å². The molecule has 2 aromatic heterocycles. The van der Waals surface area contributed by atoms with E-state index in [0.717, 1.165) is 18.5 Å². The van der Waals surface area contributed by atoms with Crippen molar-refractivity contribution in [1.29, 1.82) is 0 Å². The molecule has 128 valence electrons. The summed E-state index contributed by atoms with van der Waals surface area (Å²) < 4.78 is 15.3. The topological polar surface area (TPSA) is 72.7 Å². The molecule has 2 heterocycles. The summed E-state index contributed by atoms with van der Waals surface area (Å²) in [5, 5.41) is 7.53. The van der Waals surface area contributed by atoms with E-state index in [1.807, 2.05) is 6.92 Å². The lowest BCUT2D eigenvalue weighted by Gasteiger charge is -2.15. The van der Waals surface area contributed by atoms with Crippen molar-refractivity contribution in [2.24, 2.45) is 0 Å². The van der Waals surface area contributed by atoms with Crippen molar-refractivity contribution in [2.75, 3.05) is 0 Å². The van der Waals surface area contributed by atoms with Crippen LogP contribution < -0.4 is 5.32 Å². The number of nitrogens with one attached hydrogen (secondary N) is 1. The minimum Gasteiger partial charge on any atom is -0.348 e. The molecule has 1 amide bonds. The molecule has 0 saturated heterocycles. The summed E-state index contributed by atoms with van der Waals surface area (Å²) in [5.74, 6) is -0.195. The van der Waals surface area contributed by atoms with Gasteiger partial charge in [0.05, 0.1) is 17.6 Å². The van der Waals surface area contributed by atoms with Gasteiger partial charge in [0.25, 0.3) is 5.91 Å². The van der Waals surface area contributed by atoms with E-state index in [1.54, 1.807) is 23.1 Å². The number of carbonyl (C=O) groups excluding carboxylic acids is 1. The second-order valence-electron chi connectivity index (χ2n) is 6.52. The molecular formula is C18H18FN5O.